The van der Waals surface area contributed by atoms with Crippen LogP contribution in [0.25, 0.3) is 0 Å². The molecule has 1 heterocycles. The number of rotatable bonds is 4. The molecule has 102 valence electrons. The summed E-state index contributed by atoms with van der Waals surface area (Å²) in [7, 11) is -3.11. The van der Waals surface area contributed by atoms with Crippen LogP contribution >= 0.6 is 0 Å². The zero-order valence-corrected chi connectivity index (χ0v) is 11.8. The summed E-state index contributed by atoms with van der Waals surface area (Å²) in [6.45, 7) is 6.34. The highest BCUT2D eigenvalue weighted by atomic mass is 32.2. The van der Waals surface area contributed by atoms with E-state index in [1.165, 1.54) is 0 Å². The van der Waals surface area contributed by atoms with Gasteiger partial charge in [0.25, 0.3) is 0 Å². The molecule has 0 bridgehead atoms. The van der Waals surface area contributed by atoms with Gasteiger partial charge in [-0.15, -0.1) is 0 Å². The molecule has 5 heteroatoms. The summed E-state index contributed by atoms with van der Waals surface area (Å²) in [5.41, 5.74) is -0.351. The topological polar surface area (TPSA) is 63.6 Å². The molecule has 0 aromatic rings. The Morgan fingerprint density at radius 3 is 2.41 bits per heavy atom. The Kier molecular flexibility index (Phi) is 4.60. The second-order valence-corrected chi connectivity index (χ2v) is 8.86. The van der Waals surface area contributed by atoms with Gasteiger partial charge in [0.1, 0.15) is 0 Å². The van der Waals surface area contributed by atoms with Gasteiger partial charge in [0, 0.05) is 12.0 Å². The molecule has 1 atom stereocenters. The highest BCUT2D eigenvalue weighted by Gasteiger charge is 2.36. The van der Waals surface area contributed by atoms with Gasteiger partial charge in [-0.25, -0.2) is 8.42 Å². The molecule has 0 spiro atoms. The first-order valence-corrected chi connectivity index (χ1v) is 7.79. The molecule has 1 aliphatic rings. The first-order valence-electron chi connectivity index (χ1n) is 6.13. The number of ether oxygens (including phenoxy) is 1. The zero-order valence-electron chi connectivity index (χ0n) is 11.0. The van der Waals surface area contributed by atoms with Crippen LogP contribution in [-0.4, -0.2) is 43.8 Å². The molecule has 1 N–H and O–H groups in total. The lowest BCUT2D eigenvalue weighted by molar-refractivity contribution is -0.0397. The zero-order chi connectivity index (χ0) is 13.2. The van der Waals surface area contributed by atoms with E-state index < -0.39 is 14.6 Å². The van der Waals surface area contributed by atoms with Crippen LogP contribution < -0.4 is 0 Å². The van der Waals surface area contributed by atoms with Crippen molar-refractivity contribution < 1.29 is 18.3 Å². The van der Waals surface area contributed by atoms with E-state index in [0.29, 0.717) is 19.6 Å². The molecule has 0 aliphatic carbocycles. The van der Waals surface area contributed by atoms with E-state index in [1.54, 1.807) is 20.8 Å². The molecule has 1 rings (SSSR count). The van der Waals surface area contributed by atoms with Gasteiger partial charge in [0.2, 0.25) is 0 Å². The van der Waals surface area contributed by atoms with Gasteiger partial charge in [-0.2, -0.15) is 0 Å². The second kappa shape index (κ2) is 5.24. The van der Waals surface area contributed by atoms with Crippen molar-refractivity contribution in [1.29, 1.82) is 0 Å². The highest BCUT2D eigenvalue weighted by Crippen LogP contribution is 2.33. The van der Waals surface area contributed by atoms with Crippen molar-refractivity contribution in [3.63, 3.8) is 0 Å². The number of aliphatic hydroxyl groups excluding tert-OH is 1. The maximum absolute atomic E-state index is 12.0. The molecular formula is C12H24O4S. The Labute approximate surface area is 104 Å². The third-order valence-corrected chi connectivity index (χ3v) is 6.18. The lowest BCUT2D eigenvalue weighted by Gasteiger charge is -2.36. The Bertz CT molecular complexity index is 334. The normalized spacial score (nSPS) is 27.1. The summed E-state index contributed by atoms with van der Waals surface area (Å²) < 4.78 is 28.7. The molecule has 1 unspecified atom stereocenters. The van der Waals surface area contributed by atoms with Crippen molar-refractivity contribution in [3.8, 4) is 0 Å². The van der Waals surface area contributed by atoms with Crippen molar-refractivity contribution in [3.05, 3.63) is 0 Å². The fourth-order valence-corrected chi connectivity index (χ4v) is 3.28. The van der Waals surface area contributed by atoms with E-state index in [9.17, 15) is 13.5 Å². The lowest BCUT2D eigenvalue weighted by Crippen LogP contribution is -2.39. The molecule has 4 nitrogen and oxygen atoms in total. The quantitative estimate of drug-likeness (QED) is 0.833. The smallest absolute Gasteiger partial charge is 0.155 e. The lowest BCUT2D eigenvalue weighted by atomic mass is 9.81. The van der Waals surface area contributed by atoms with Gasteiger partial charge in [-0.3, -0.25) is 0 Å². The van der Waals surface area contributed by atoms with E-state index in [-0.39, 0.29) is 17.8 Å². The van der Waals surface area contributed by atoms with E-state index in [4.69, 9.17) is 4.74 Å². The summed E-state index contributed by atoms with van der Waals surface area (Å²) in [5.74, 6) is 0.125. The fourth-order valence-electron chi connectivity index (χ4n) is 1.97. The molecule has 0 radical (unpaired) electrons. The molecular weight excluding hydrogens is 240 g/mol. The highest BCUT2D eigenvalue weighted by molar-refractivity contribution is 7.92. The first kappa shape index (κ1) is 14.9. The minimum absolute atomic E-state index is 0.00661. The predicted octanol–water partition coefficient (Wildman–Crippen LogP) is 1.38. The van der Waals surface area contributed by atoms with Gasteiger partial charge in [0.05, 0.1) is 23.7 Å². The number of aliphatic hydroxyl groups is 1. The average molecular weight is 264 g/mol. The van der Waals surface area contributed by atoms with Crippen LogP contribution in [0.1, 0.15) is 40.0 Å². The molecule has 1 saturated heterocycles. The molecule has 1 fully saturated rings. The minimum atomic E-state index is -3.11. The monoisotopic (exact) mass is 264 g/mol. The van der Waals surface area contributed by atoms with Crippen LogP contribution in [0.3, 0.4) is 0 Å². The molecule has 0 amide bonds. The molecule has 17 heavy (non-hydrogen) atoms. The third kappa shape index (κ3) is 3.66. The van der Waals surface area contributed by atoms with Gasteiger partial charge >= 0.3 is 0 Å². The number of hydrogen-bond acceptors (Lipinski definition) is 4. The summed E-state index contributed by atoms with van der Waals surface area (Å²) in [6, 6.07) is 0. The van der Waals surface area contributed by atoms with Crippen molar-refractivity contribution in [1.82, 2.24) is 0 Å². The third-order valence-electron chi connectivity index (χ3n) is 3.57. The van der Waals surface area contributed by atoms with Gasteiger partial charge < -0.3 is 9.84 Å². The van der Waals surface area contributed by atoms with E-state index in [2.05, 4.69) is 0 Å². The average Bonchev–Trinajstić information content (AvgIpc) is 2.26. The van der Waals surface area contributed by atoms with Crippen molar-refractivity contribution in [2.24, 2.45) is 5.41 Å². The summed E-state index contributed by atoms with van der Waals surface area (Å²) in [6.07, 6.45) is 2.24. The standard InChI is InChI=1S/C12H24O4S/c1-11(2,3)17(14,15)8-6-12(9-13)5-4-7-16-10-12/h13H,4-10H2,1-3H3. The van der Waals surface area contributed by atoms with Crippen molar-refractivity contribution in [2.45, 2.75) is 44.8 Å². The van der Waals surface area contributed by atoms with Crippen LogP contribution in [0.5, 0.6) is 0 Å². The SMILES string of the molecule is CC(C)(C)S(=O)(=O)CCC1(CO)CCCOC1. The Morgan fingerprint density at radius 1 is 1.35 bits per heavy atom. The molecule has 1 aliphatic heterocycles. The van der Waals surface area contributed by atoms with Crippen LogP contribution in [0, 0.1) is 5.41 Å². The Balaban J connectivity index is 2.65. The number of hydrogen-bond donors (Lipinski definition) is 1. The maximum atomic E-state index is 12.0. The van der Waals surface area contributed by atoms with Crippen LogP contribution in [0.15, 0.2) is 0 Å². The summed E-state index contributed by atoms with van der Waals surface area (Å²) in [5, 5.41) is 9.47. The fraction of sp³-hybridized carbons (Fsp3) is 1.00. The Morgan fingerprint density at radius 2 is 2.00 bits per heavy atom. The predicted molar refractivity (Wildman–Crippen MR) is 67.7 cm³/mol. The number of sulfone groups is 1. The van der Waals surface area contributed by atoms with Gasteiger partial charge in [-0.1, -0.05) is 0 Å². The minimum Gasteiger partial charge on any atom is -0.396 e. The second-order valence-electron chi connectivity index (χ2n) is 6.00. The summed E-state index contributed by atoms with van der Waals surface area (Å²) in [4.78, 5) is 0. The van der Waals surface area contributed by atoms with Crippen LogP contribution in [0.4, 0.5) is 0 Å². The van der Waals surface area contributed by atoms with Gasteiger partial charge in [0.15, 0.2) is 9.84 Å². The van der Waals surface area contributed by atoms with E-state index >= 15 is 0 Å². The molecule has 0 saturated carbocycles. The summed E-state index contributed by atoms with van der Waals surface area (Å²) >= 11 is 0. The van der Waals surface area contributed by atoms with Crippen LogP contribution in [-0.2, 0) is 14.6 Å². The van der Waals surface area contributed by atoms with Crippen molar-refractivity contribution >= 4 is 9.84 Å². The maximum Gasteiger partial charge on any atom is 0.155 e. The molecule has 0 aromatic heterocycles. The van der Waals surface area contributed by atoms with Gasteiger partial charge in [-0.05, 0) is 40.0 Å². The van der Waals surface area contributed by atoms with Crippen LogP contribution in [0.2, 0.25) is 0 Å². The van der Waals surface area contributed by atoms with Crippen molar-refractivity contribution in [2.75, 3.05) is 25.6 Å². The molecule has 0 aromatic carbocycles. The van der Waals surface area contributed by atoms with E-state index in [1.807, 2.05) is 0 Å². The van der Waals surface area contributed by atoms with E-state index in [0.717, 1.165) is 12.8 Å². The Hall–Kier alpha value is -0.130. The first-order chi connectivity index (χ1) is 7.72. The largest absolute Gasteiger partial charge is 0.396 e.